The van der Waals surface area contributed by atoms with Crippen molar-refractivity contribution in [2.45, 2.75) is 51.0 Å². The summed E-state index contributed by atoms with van der Waals surface area (Å²) in [4.78, 5) is 43.6. The fourth-order valence-electron chi connectivity index (χ4n) is 5.35. The lowest BCUT2D eigenvalue weighted by atomic mass is 9.81. The Balaban J connectivity index is 1.37. The number of ether oxygens (including phenoxy) is 1. The van der Waals surface area contributed by atoms with Crippen molar-refractivity contribution in [3.8, 4) is 0 Å². The second-order valence-corrected chi connectivity index (χ2v) is 10.3. The topological polar surface area (TPSA) is 106 Å². The molecule has 7 nitrogen and oxygen atoms in total. The Labute approximate surface area is 227 Å². The van der Waals surface area contributed by atoms with Gasteiger partial charge in [-0.05, 0) is 67.0 Å². The lowest BCUT2D eigenvalue weighted by molar-refractivity contribution is -0.158. The third-order valence-electron chi connectivity index (χ3n) is 7.50. The van der Waals surface area contributed by atoms with E-state index in [1.807, 2.05) is 49.4 Å². The first-order valence-electron chi connectivity index (χ1n) is 13.5. The van der Waals surface area contributed by atoms with Crippen molar-refractivity contribution in [2.75, 3.05) is 5.32 Å². The number of hydrogen-bond donors (Lipinski definition) is 2. The van der Waals surface area contributed by atoms with E-state index in [4.69, 9.17) is 4.74 Å². The number of hydrogen-bond acceptors (Lipinski definition) is 6. The fourth-order valence-corrected chi connectivity index (χ4v) is 5.35. The molecule has 200 valence electrons. The van der Waals surface area contributed by atoms with E-state index in [1.165, 1.54) is 0 Å². The van der Waals surface area contributed by atoms with E-state index < -0.39 is 29.5 Å². The quantitative estimate of drug-likeness (QED) is 0.347. The summed E-state index contributed by atoms with van der Waals surface area (Å²) < 4.78 is 5.77. The molecule has 1 fully saturated rings. The van der Waals surface area contributed by atoms with Gasteiger partial charge in [0.05, 0.1) is 12.0 Å². The third-order valence-corrected chi connectivity index (χ3v) is 7.50. The summed E-state index contributed by atoms with van der Waals surface area (Å²) in [6.07, 6.45) is 3.67. The summed E-state index contributed by atoms with van der Waals surface area (Å²) >= 11 is 0. The molecule has 39 heavy (non-hydrogen) atoms. The van der Waals surface area contributed by atoms with Crippen LogP contribution in [0, 0.1) is 11.8 Å². The maximum atomic E-state index is 13.4. The summed E-state index contributed by atoms with van der Waals surface area (Å²) in [5.74, 6) is -2.54. The van der Waals surface area contributed by atoms with Crippen molar-refractivity contribution in [1.82, 2.24) is 4.98 Å². The van der Waals surface area contributed by atoms with Crippen LogP contribution in [0.2, 0.25) is 0 Å². The molecule has 1 aliphatic heterocycles. The molecule has 1 amide bonds. The van der Waals surface area contributed by atoms with Gasteiger partial charge < -0.3 is 15.2 Å². The molecule has 2 N–H and O–H groups in total. The minimum absolute atomic E-state index is 0.0188. The minimum atomic E-state index is -1.02. The van der Waals surface area contributed by atoms with Crippen molar-refractivity contribution in [2.24, 2.45) is 11.8 Å². The molecule has 1 aliphatic carbocycles. The molecule has 0 saturated heterocycles. The zero-order chi connectivity index (χ0) is 27.4. The van der Waals surface area contributed by atoms with Crippen LogP contribution in [0.15, 0.2) is 90.3 Å². The second kappa shape index (κ2) is 11.6. The van der Waals surface area contributed by atoms with Gasteiger partial charge in [-0.25, -0.2) is 4.79 Å². The largest absolute Gasteiger partial charge is 0.504 e. The Morgan fingerprint density at radius 1 is 1.05 bits per heavy atom. The van der Waals surface area contributed by atoms with Gasteiger partial charge in [0, 0.05) is 29.4 Å². The van der Waals surface area contributed by atoms with Crippen molar-refractivity contribution >= 4 is 23.3 Å². The predicted octanol–water partition coefficient (Wildman–Crippen LogP) is 5.33. The van der Waals surface area contributed by atoms with E-state index in [0.29, 0.717) is 24.2 Å². The number of benzene rings is 2. The van der Waals surface area contributed by atoms with E-state index in [1.54, 1.807) is 36.5 Å². The highest BCUT2D eigenvalue weighted by atomic mass is 16.6. The molecule has 0 bridgehead atoms. The monoisotopic (exact) mass is 524 g/mol. The zero-order valence-electron chi connectivity index (χ0n) is 21.9. The Morgan fingerprint density at radius 2 is 1.82 bits per heavy atom. The number of rotatable bonds is 10. The molecule has 7 heteroatoms. The molecule has 3 atom stereocenters. The Hall–Kier alpha value is -4.26. The van der Waals surface area contributed by atoms with Crippen LogP contribution in [0.5, 0.6) is 0 Å². The third kappa shape index (κ3) is 6.08. The minimum Gasteiger partial charge on any atom is -0.504 e. The summed E-state index contributed by atoms with van der Waals surface area (Å²) in [5, 5.41) is 14.0. The SMILES string of the molecule is CCC(Cc1ccccc1)C1OC(=O)C(C(c2cccc(NC(=O)Cc3ccccn3)c2)C2CC2)=C(O)C1=O. The average molecular weight is 525 g/mol. The molecule has 1 aromatic heterocycles. The van der Waals surface area contributed by atoms with Crippen molar-refractivity contribution < 1.29 is 24.2 Å². The van der Waals surface area contributed by atoms with Crippen molar-refractivity contribution in [3.63, 3.8) is 0 Å². The van der Waals surface area contributed by atoms with Crippen molar-refractivity contribution in [3.05, 3.63) is 107 Å². The number of ketones is 1. The number of anilines is 1. The van der Waals surface area contributed by atoms with E-state index >= 15 is 0 Å². The van der Waals surface area contributed by atoms with Crippen LogP contribution in [0.1, 0.15) is 48.9 Å². The number of Topliss-reactive ketones (excluding diaryl/α,β-unsaturated/α-hetero) is 1. The van der Waals surface area contributed by atoms with Crippen LogP contribution in [0.25, 0.3) is 0 Å². The molecule has 3 aromatic rings. The molecule has 0 radical (unpaired) electrons. The van der Waals surface area contributed by atoms with E-state index in [0.717, 1.165) is 24.0 Å². The number of cyclic esters (lactones) is 1. The standard InChI is InChI=1S/C32H32N2O5/c1-2-21(17-20-9-4-3-5-10-20)31-30(37)29(36)28(32(38)39-31)27(22-14-15-22)23-11-8-13-25(18-23)34-26(35)19-24-12-6-7-16-33-24/h3-13,16,18,21-22,27,31,36H,2,14-15,17,19H2,1H3,(H,34,35). The number of carbonyl (C=O) groups is 3. The number of esters is 1. The van der Waals surface area contributed by atoms with Gasteiger partial charge in [-0.2, -0.15) is 0 Å². The molecule has 1 saturated carbocycles. The van der Waals surface area contributed by atoms with Gasteiger partial charge in [-0.15, -0.1) is 0 Å². The summed E-state index contributed by atoms with van der Waals surface area (Å²) in [7, 11) is 0. The van der Waals surface area contributed by atoms with Gasteiger partial charge >= 0.3 is 5.97 Å². The predicted molar refractivity (Wildman–Crippen MR) is 147 cm³/mol. The molecule has 5 rings (SSSR count). The van der Waals surface area contributed by atoms with Crippen LogP contribution in [-0.4, -0.2) is 33.9 Å². The molecule has 3 unspecified atom stereocenters. The number of carbonyl (C=O) groups excluding carboxylic acids is 3. The van der Waals surface area contributed by atoms with Gasteiger partial charge in [0.25, 0.3) is 0 Å². The molecule has 2 heterocycles. The number of amides is 1. The van der Waals surface area contributed by atoms with Crippen molar-refractivity contribution in [1.29, 1.82) is 0 Å². The smallest absolute Gasteiger partial charge is 0.339 e. The van der Waals surface area contributed by atoms with Gasteiger partial charge in [-0.3, -0.25) is 14.6 Å². The summed E-state index contributed by atoms with van der Waals surface area (Å²) in [6.45, 7) is 1.95. The number of aliphatic hydroxyl groups is 1. The lowest BCUT2D eigenvalue weighted by Gasteiger charge is -2.31. The fraction of sp³-hybridized carbons (Fsp3) is 0.312. The highest BCUT2D eigenvalue weighted by Crippen LogP contribution is 2.49. The lowest BCUT2D eigenvalue weighted by Crippen LogP contribution is -2.42. The van der Waals surface area contributed by atoms with Gasteiger partial charge in [0.1, 0.15) is 0 Å². The van der Waals surface area contributed by atoms with E-state index in [2.05, 4.69) is 10.3 Å². The Bertz CT molecular complexity index is 1380. The van der Waals surface area contributed by atoms with Crippen LogP contribution < -0.4 is 5.32 Å². The number of nitrogens with one attached hydrogen (secondary N) is 1. The van der Waals surface area contributed by atoms with Gasteiger partial charge in [0.15, 0.2) is 11.9 Å². The number of pyridine rings is 1. The normalized spacial score (nSPS) is 18.8. The first-order chi connectivity index (χ1) is 18.9. The summed E-state index contributed by atoms with van der Waals surface area (Å²) in [6, 6.07) is 22.4. The number of aromatic nitrogens is 1. The maximum absolute atomic E-state index is 13.4. The maximum Gasteiger partial charge on any atom is 0.339 e. The van der Waals surface area contributed by atoms with Gasteiger partial charge in [0.2, 0.25) is 11.7 Å². The van der Waals surface area contributed by atoms with Gasteiger partial charge in [-0.1, -0.05) is 55.5 Å². The zero-order valence-corrected chi connectivity index (χ0v) is 21.9. The van der Waals surface area contributed by atoms with E-state index in [-0.39, 0.29) is 29.7 Å². The van der Waals surface area contributed by atoms with Crippen LogP contribution in [0.3, 0.4) is 0 Å². The van der Waals surface area contributed by atoms with Crippen LogP contribution >= 0.6 is 0 Å². The van der Waals surface area contributed by atoms with E-state index in [9.17, 15) is 19.5 Å². The molecular weight excluding hydrogens is 492 g/mol. The molecular formula is C32H32N2O5. The summed E-state index contributed by atoms with van der Waals surface area (Å²) in [5.41, 5.74) is 3.04. The first-order valence-corrected chi connectivity index (χ1v) is 13.5. The first kappa shape index (κ1) is 26.4. The number of nitrogens with zero attached hydrogens (tertiary/aromatic N) is 1. The molecule has 2 aromatic carbocycles. The molecule has 0 spiro atoms. The van der Waals surface area contributed by atoms with Crippen LogP contribution in [0.4, 0.5) is 5.69 Å². The average Bonchev–Trinajstić information content (AvgIpc) is 3.78. The highest BCUT2D eigenvalue weighted by molar-refractivity contribution is 6.09. The highest BCUT2D eigenvalue weighted by Gasteiger charge is 2.47. The number of aliphatic hydroxyl groups excluding tert-OH is 1. The van der Waals surface area contributed by atoms with Crippen LogP contribution in [-0.2, 0) is 32.0 Å². The second-order valence-electron chi connectivity index (χ2n) is 10.3. The molecule has 2 aliphatic rings. The Morgan fingerprint density at radius 3 is 2.51 bits per heavy atom. The Kier molecular flexibility index (Phi) is 7.87.